The van der Waals surface area contributed by atoms with Gasteiger partial charge in [0.1, 0.15) is 11.4 Å². The van der Waals surface area contributed by atoms with Gasteiger partial charge in [-0.1, -0.05) is 19.4 Å². The molecular weight excluding hydrogens is 256 g/mol. The van der Waals surface area contributed by atoms with Gasteiger partial charge in [-0.15, -0.1) is 0 Å². The lowest BCUT2D eigenvalue weighted by molar-refractivity contribution is 0.0205. The Morgan fingerprint density at radius 2 is 1.85 bits per heavy atom. The fraction of sp³-hybridized carbons (Fsp3) is 0.500. The number of hydrogen-bond acceptors (Lipinski definition) is 4. The quantitative estimate of drug-likeness (QED) is 0.471. The first-order valence-electron chi connectivity index (χ1n) is 6.77. The van der Waals surface area contributed by atoms with Gasteiger partial charge < -0.3 is 9.47 Å². The van der Waals surface area contributed by atoms with Gasteiger partial charge in [-0.2, -0.15) is 0 Å². The third-order valence-electron chi connectivity index (χ3n) is 2.54. The van der Waals surface area contributed by atoms with E-state index in [1.807, 2.05) is 6.07 Å². The normalized spacial score (nSPS) is 11.1. The molecule has 20 heavy (non-hydrogen) atoms. The van der Waals surface area contributed by atoms with E-state index in [0.717, 1.165) is 18.4 Å². The number of carbonyl (C=O) groups is 2. The van der Waals surface area contributed by atoms with Crippen LogP contribution < -0.4 is 4.74 Å². The van der Waals surface area contributed by atoms with E-state index in [0.29, 0.717) is 5.56 Å². The van der Waals surface area contributed by atoms with E-state index in [1.54, 1.807) is 32.9 Å². The van der Waals surface area contributed by atoms with Crippen molar-refractivity contribution in [2.45, 2.75) is 53.1 Å². The number of benzene rings is 1. The molecule has 0 fully saturated rings. The second-order valence-corrected chi connectivity index (χ2v) is 5.70. The molecule has 0 aromatic heterocycles. The van der Waals surface area contributed by atoms with Crippen LogP contribution in [0, 0.1) is 0 Å². The van der Waals surface area contributed by atoms with Crippen molar-refractivity contribution in [1.82, 2.24) is 0 Å². The summed E-state index contributed by atoms with van der Waals surface area (Å²) >= 11 is 0. The monoisotopic (exact) mass is 278 g/mol. The van der Waals surface area contributed by atoms with E-state index < -0.39 is 11.8 Å². The van der Waals surface area contributed by atoms with Crippen molar-refractivity contribution in [3.8, 4) is 5.75 Å². The van der Waals surface area contributed by atoms with Crippen LogP contribution in [0.15, 0.2) is 18.2 Å². The zero-order valence-corrected chi connectivity index (χ0v) is 12.8. The molecule has 0 radical (unpaired) electrons. The Morgan fingerprint density at radius 3 is 2.35 bits per heavy atom. The number of rotatable bonds is 4. The summed E-state index contributed by atoms with van der Waals surface area (Å²) in [5.41, 5.74) is 0.825. The maximum absolute atomic E-state index is 11.7. The highest BCUT2D eigenvalue weighted by molar-refractivity contribution is 5.97. The Labute approximate surface area is 120 Å². The zero-order chi connectivity index (χ0) is 15.3. The summed E-state index contributed by atoms with van der Waals surface area (Å²) in [4.78, 5) is 23.3. The highest BCUT2D eigenvalue weighted by atomic mass is 16.7. The molecule has 0 spiro atoms. The molecule has 4 nitrogen and oxygen atoms in total. The van der Waals surface area contributed by atoms with E-state index in [1.165, 1.54) is 6.92 Å². The van der Waals surface area contributed by atoms with Crippen molar-refractivity contribution in [2.24, 2.45) is 0 Å². The van der Waals surface area contributed by atoms with Gasteiger partial charge in [0.15, 0.2) is 5.78 Å². The highest BCUT2D eigenvalue weighted by Gasteiger charge is 2.20. The summed E-state index contributed by atoms with van der Waals surface area (Å²) in [7, 11) is 0. The number of hydrogen-bond donors (Lipinski definition) is 0. The second kappa shape index (κ2) is 6.55. The number of carbonyl (C=O) groups excluding carboxylic acids is 2. The molecule has 0 aliphatic heterocycles. The number of Topliss-reactive ketones (excluding diaryl/α,β-unsaturated/α-hetero) is 1. The minimum atomic E-state index is -0.803. The van der Waals surface area contributed by atoms with Crippen LogP contribution in [-0.2, 0) is 11.2 Å². The molecule has 0 N–H and O–H groups in total. The SMILES string of the molecule is CCCc1ccc(OC(=O)OC(C)(C)C)c(C(C)=O)c1. The molecule has 0 heterocycles. The minimum absolute atomic E-state index is 0.137. The fourth-order valence-electron chi connectivity index (χ4n) is 1.75. The van der Waals surface area contributed by atoms with E-state index >= 15 is 0 Å². The Kier molecular flexibility index (Phi) is 5.31. The van der Waals surface area contributed by atoms with Crippen molar-refractivity contribution in [2.75, 3.05) is 0 Å². The summed E-state index contributed by atoms with van der Waals surface area (Å²) in [6.45, 7) is 8.78. The van der Waals surface area contributed by atoms with Crippen LogP contribution in [0.4, 0.5) is 4.79 Å². The highest BCUT2D eigenvalue weighted by Crippen LogP contribution is 2.23. The van der Waals surface area contributed by atoms with Crippen LogP contribution in [0.2, 0.25) is 0 Å². The smallest absolute Gasteiger partial charge is 0.428 e. The van der Waals surface area contributed by atoms with Gasteiger partial charge in [0.05, 0.1) is 5.56 Å². The van der Waals surface area contributed by atoms with E-state index in [4.69, 9.17) is 9.47 Å². The molecule has 0 bridgehead atoms. The Morgan fingerprint density at radius 1 is 1.20 bits per heavy atom. The van der Waals surface area contributed by atoms with Crippen molar-refractivity contribution < 1.29 is 19.1 Å². The summed E-state index contributed by atoms with van der Waals surface area (Å²) < 4.78 is 10.2. The molecule has 0 amide bonds. The molecule has 1 rings (SSSR count). The summed E-state index contributed by atoms with van der Waals surface area (Å²) in [5, 5.41) is 0. The van der Waals surface area contributed by atoms with Gasteiger partial charge in [0.25, 0.3) is 0 Å². The van der Waals surface area contributed by atoms with Gasteiger partial charge in [0, 0.05) is 0 Å². The van der Waals surface area contributed by atoms with Crippen LogP contribution in [0.3, 0.4) is 0 Å². The first-order chi connectivity index (χ1) is 9.23. The van der Waals surface area contributed by atoms with Crippen LogP contribution >= 0.6 is 0 Å². The standard InChI is InChI=1S/C16H22O4/c1-6-7-12-8-9-14(13(10-12)11(2)17)19-15(18)20-16(3,4)5/h8-10H,6-7H2,1-5H3. The molecule has 110 valence electrons. The van der Waals surface area contributed by atoms with Crippen LogP contribution in [0.25, 0.3) is 0 Å². The van der Waals surface area contributed by atoms with E-state index in [-0.39, 0.29) is 11.5 Å². The van der Waals surface area contributed by atoms with Gasteiger partial charge >= 0.3 is 6.16 Å². The van der Waals surface area contributed by atoms with Crippen LogP contribution in [0.1, 0.15) is 57.0 Å². The first-order valence-corrected chi connectivity index (χ1v) is 6.77. The largest absolute Gasteiger partial charge is 0.514 e. The van der Waals surface area contributed by atoms with E-state index in [2.05, 4.69) is 6.92 Å². The van der Waals surface area contributed by atoms with Crippen LogP contribution in [0.5, 0.6) is 5.75 Å². The lowest BCUT2D eigenvalue weighted by Gasteiger charge is -2.19. The molecule has 4 heteroatoms. The number of ketones is 1. The molecule has 0 saturated heterocycles. The van der Waals surface area contributed by atoms with Crippen LogP contribution in [-0.4, -0.2) is 17.5 Å². The second-order valence-electron chi connectivity index (χ2n) is 5.70. The Hall–Kier alpha value is -1.84. The van der Waals surface area contributed by atoms with Crippen molar-refractivity contribution in [3.63, 3.8) is 0 Å². The first kappa shape index (κ1) is 16.2. The summed E-state index contributed by atoms with van der Waals surface area (Å²) in [5.74, 6) is 0.105. The number of aryl methyl sites for hydroxylation is 1. The van der Waals surface area contributed by atoms with Crippen molar-refractivity contribution >= 4 is 11.9 Å². The minimum Gasteiger partial charge on any atom is -0.428 e. The lowest BCUT2D eigenvalue weighted by atomic mass is 10.0. The summed E-state index contributed by atoms with van der Waals surface area (Å²) in [6.07, 6.45) is 1.07. The molecule has 1 aromatic rings. The Balaban J connectivity index is 2.94. The molecule has 1 aromatic carbocycles. The molecule has 0 unspecified atom stereocenters. The van der Waals surface area contributed by atoms with Gasteiger partial charge in [-0.05, 0) is 51.8 Å². The average Bonchev–Trinajstić information content (AvgIpc) is 2.28. The van der Waals surface area contributed by atoms with E-state index in [9.17, 15) is 9.59 Å². The maximum atomic E-state index is 11.7. The third kappa shape index (κ3) is 5.03. The third-order valence-corrected chi connectivity index (χ3v) is 2.54. The Bertz CT molecular complexity index is 498. The molecule has 0 aliphatic rings. The lowest BCUT2D eigenvalue weighted by Crippen LogP contribution is -2.26. The maximum Gasteiger partial charge on any atom is 0.514 e. The van der Waals surface area contributed by atoms with Gasteiger partial charge in [-0.3, -0.25) is 4.79 Å². The summed E-state index contributed by atoms with van der Waals surface area (Å²) in [6, 6.07) is 5.27. The molecular formula is C16H22O4. The molecule has 0 saturated carbocycles. The topological polar surface area (TPSA) is 52.6 Å². The predicted octanol–water partition coefficient (Wildman–Crippen LogP) is 4.16. The van der Waals surface area contributed by atoms with Crippen molar-refractivity contribution in [3.05, 3.63) is 29.3 Å². The van der Waals surface area contributed by atoms with Crippen molar-refractivity contribution in [1.29, 1.82) is 0 Å². The fourth-order valence-corrected chi connectivity index (χ4v) is 1.75. The molecule has 0 aliphatic carbocycles. The zero-order valence-electron chi connectivity index (χ0n) is 12.8. The predicted molar refractivity (Wildman–Crippen MR) is 77.3 cm³/mol. The average molecular weight is 278 g/mol. The number of ether oxygens (including phenoxy) is 2. The molecule has 0 atom stereocenters. The van der Waals surface area contributed by atoms with Gasteiger partial charge in [-0.25, -0.2) is 4.79 Å². The van der Waals surface area contributed by atoms with Gasteiger partial charge in [0.2, 0.25) is 0 Å².